The van der Waals surface area contributed by atoms with Gasteiger partial charge in [0.15, 0.2) is 0 Å². The number of aromatic nitrogens is 1. The third-order valence-corrected chi connectivity index (χ3v) is 3.51. The van der Waals surface area contributed by atoms with E-state index in [4.69, 9.17) is 9.47 Å². The molecule has 0 aliphatic carbocycles. The first-order valence-electron chi connectivity index (χ1n) is 7.68. The zero-order valence-corrected chi connectivity index (χ0v) is 13.6. The van der Waals surface area contributed by atoms with Crippen molar-refractivity contribution in [1.82, 2.24) is 4.98 Å². The van der Waals surface area contributed by atoms with E-state index in [1.54, 1.807) is 14.0 Å². The molecule has 5 nitrogen and oxygen atoms in total. The van der Waals surface area contributed by atoms with Crippen LogP contribution in [0.4, 0.5) is 0 Å². The van der Waals surface area contributed by atoms with E-state index in [-0.39, 0.29) is 12.2 Å². The number of esters is 1. The van der Waals surface area contributed by atoms with E-state index in [0.29, 0.717) is 17.7 Å². The van der Waals surface area contributed by atoms with Crippen LogP contribution in [-0.2, 0) is 11.2 Å². The monoisotopic (exact) mass is 315 g/mol. The third-order valence-electron chi connectivity index (χ3n) is 3.51. The first kappa shape index (κ1) is 16.8. The van der Waals surface area contributed by atoms with Crippen LogP contribution in [0.15, 0.2) is 35.1 Å². The Hall–Kier alpha value is -2.56. The van der Waals surface area contributed by atoms with Crippen LogP contribution in [-0.4, -0.2) is 24.7 Å². The number of carbonyl (C=O) groups excluding carboxylic acids is 1. The minimum Gasteiger partial charge on any atom is -0.497 e. The molecule has 5 heteroatoms. The van der Waals surface area contributed by atoms with Crippen molar-refractivity contribution < 1.29 is 14.3 Å². The first-order chi connectivity index (χ1) is 11.1. The smallest absolute Gasteiger partial charge is 0.344 e. The number of nitrogens with one attached hydrogen (secondary N) is 1. The molecule has 1 aromatic carbocycles. The number of pyridine rings is 1. The zero-order valence-electron chi connectivity index (χ0n) is 13.6. The van der Waals surface area contributed by atoms with Crippen molar-refractivity contribution in [1.29, 1.82) is 0 Å². The third kappa shape index (κ3) is 3.80. The molecule has 0 aliphatic rings. The average Bonchev–Trinajstić information content (AvgIpc) is 2.55. The summed E-state index contributed by atoms with van der Waals surface area (Å²) in [7, 11) is 1.60. The van der Waals surface area contributed by atoms with Crippen molar-refractivity contribution >= 4 is 5.97 Å². The largest absolute Gasteiger partial charge is 0.497 e. The number of hydrogen-bond acceptors (Lipinski definition) is 4. The van der Waals surface area contributed by atoms with Gasteiger partial charge in [-0.25, -0.2) is 4.79 Å². The minimum atomic E-state index is -0.571. The fraction of sp³-hybridized carbons (Fsp3) is 0.333. The summed E-state index contributed by atoms with van der Waals surface area (Å²) < 4.78 is 10.1. The van der Waals surface area contributed by atoms with Crippen molar-refractivity contribution in [3.05, 3.63) is 51.8 Å². The van der Waals surface area contributed by atoms with Crippen LogP contribution < -0.4 is 10.3 Å². The molecule has 2 aromatic rings. The molecule has 0 saturated heterocycles. The summed E-state index contributed by atoms with van der Waals surface area (Å²) in [5, 5.41) is 0. The van der Waals surface area contributed by atoms with Crippen molar-refractivity contribution in [2.45, 2.75) is 26.7 Å². The van der Waals surface area contributed by atoms with Crippen LogP contribution >= 0.6 is 0 Å². The van der Waals surface area contributed by atoms with E-state index in [9.17, 15) is 9.59 Å². The lowest BCUT2D eigenvalue weighted by Crippen LogP contribution is -2.23. The number of ether oxygens (including phenoxy) is 2. The van der Waals surface area contributed by atoms with Gasteiger partial charge in [-0.2, -0.15) is 0 Å². The van der Waals surface area contributed by atoms with Crippen molar-refractivity contribution in [2.24, 2.45) is 0 Å². The van der Waals surface area contributed by atoms with E-state index < -0.39 is 11.5 Å². The molecule has 0 amide bonds. The predicted molar refractivity (Wildman–Crippen MR) is 89.0 cm³/mol. The maximum absolute atomic E-state index is 12.4. The molecule has 122 valence electrons. The topological polar surface area (TPSA) is 68.4 Å². The second kappa shape index (κ2) is 7.63. The second-order valence-corrected chi connectivity index (χ2v) is 5.11. The Labute approximate surface area is 135 Å². The summed E-state index contributed by atoms with van der Waals surface area (Å²) in [6, 6.07) is 9.23. The molecule has 1 aromatic heterocycles. The van der Waals surface area contributed by atoms with Gasteiger partial charge in [0, 0.05) is 5.69 Å². The predicted octanol–water partition coefficient (Wildman–Crippen LogP) is 3.18. The highest BCUT2D eigenvalue weighted by atomic mass is 16.5. The van der Waals surface area contributed by atoms with Gasteiger partial charge in [-0.1, -0.05) is 13.3 Å². The van der Waals surface area contributed by atoms with Gasteiger partial charge in [-0.15, -0.1) is 0 Å². The molecule has 0 atom stereocenters. The molecule has 0 radical (unpaired) electrons. The minimum absolute atomic E-state index is 0.103. The Balaban J connectivity index is 2.50. The van der Waals surface area contributed by atoms with Crippen LogP contribution in [0.5, 0.6) is 5.75 Å². The molecule has 0 aliphatic heterocycles. The number of carbonyl (C=O) groups is 1. The van der Waals surface area contributed by atoms with Crippen molar-refractivity contribution in [2.75, 3.05) is 13.7 Å². The molecular weight excluding hydrogens is 294 g/mol. The normalized spacial score (nSPS) is 10.4. The highest BCUT2D eigenvalue weighted by Gasteiger charge is 2.18. The Morgan fingerprint density at radius 3 is 2.43 bits per heavy atom. The highest BCUT2D eigenvalue weighted by Crippen LogP contribution is 2.22. The van der Waals surface area contributed by atoms with Gasteiger partial charge in [0.25, 0.3) is 5.56 Å². The van der Waals surface area contributed by atoms with Gasteiger partial charge < -0.3 is 14.5 Å². The van der Waals surface area contributed by atoms with E-state index >= 15 is 0 Å². The standard InChI is InChI=1S/C18H21NO4/c1-4-6-13-11-15(12-7-9-14(22-3)10-8-12)19-17(20)16(13)18(21)23-5-2/h7-11H,4-6H2,1-3H3,(H,19,20). The SMILES string of the molecule is CCCc1cc(-c2ccc(OC)cc2)[nH]c(=O)c1C(=O)OCC. The average molecular weight is 315 g/mol. The Morgan fingerprint density at radius 1 is 1.17 bits per heavy atom. The summed E-state index contributed by atoms with van der Waals surface area (Å²) in [4.78, 5) is 27.2. The van der Waals surface area contributed by atoms with Crippen molar-refractivity contribution in [3.8, 4) is 17.0 Å². The summed E-state index contributed by atoms with van der Waals surface area (Å²) in [6.45, 7) is 3.96. The van der Waals surface area contributed by atoms with E-state index in [1.165, 1.54) is 0 Å². The van der Waals surface area contributed by atoms with Crippen LogP contribution in [0, 0.1) is 0 Å². The molecule has 0 spiro atoms. The Kier molecular flexibility index (Phi) is 5.57. The lowest BCUT2D eigenvalue weighted by Gasteiger charge is -2.10. The quantitative estimate of drug-likeness (QED) is 0.831. The number of methoxy groups -OCH3 is 1. The Bertz CT molecular complexity index is 732. The summed E-state index contributed by atoms with van der Waals surface area (Å²) in [5.74, 6) is 0.173. The molecule has 2 rings (SSSR count). The summed E-state index contributed by atoms with van der Waals surface area (Å²) in [6.07, 6.45) is 1.47. The maximum Gasteiger partial charge on any atom is 0.344 e. The van der Waals surface area contributed by atoms with E-state index in [1.807, 2.05) is 37.3 Å². The molecule has 23 heavy (non-hydrogen) atoms. The maximum atomic E-state index is 12.4. The van der Waals surface area contributed by atoms with Gasteiger partial charge in [0.05, 0.1) is 13.7 Å². The molecule has 0 saturated carbocycles. The number of hydrogen-bond donors (Lipinski definition) is 1. The second-order valence-electron chi connectivity index (χ2n) is 5.11. The van der Waals surface area contributed by atoms with E-state index in [2.05, 4.69) is 4.98 Å². The van der Waals surface area contributed by atoms with Gasteiger partial charge in [0.2, 0.25) is 0 Å². The van der Waals surface area contributed by atoms with Gasteiger partial charge in [-0.3, -0.25) is 4.79 Å². The van der Waals surface area contributed by atoms with Gasteiger partial charge >= 0.3 is 5.97 Å². The molecule has 0 bridgehead atoms. The number of rotatable bonds is 6. The molecular formula is C18H21NO4. The fourth-order valence-electron chi connectivity index (χ4n) is 2.43. The Morgan fingerprint density at radius 2 is 1.87 bits per heavy atom. The zero-order chi connectivity index (χ0) is 16.8. The fourth-order valence-corrected chi connectivity index (χ4v) is 2.43. The van der Waals surface area contributed by atoms with E-state index in [0.717, 1.165) is 17.7 Å². The number of H-pyrrole nitrogens is 1. The summed E-state index contributed by atoms with van der Waals surface area (Å²) >= 11 is 0. The number of aryl methyl sites for hydroxylation is 1. The molecule has 1 heterocycles. The lowest BCUT2D eigenvalue weighted by atomic mass is 10.0. The molecule has 0 fully saturated rings. The van der Waals surface area contributed by atoms with Gasteiger partial charge in [-0.05, 0) is 54.8 Å². The lowest BCUT2D eigenvalue weighted by molar-refractivity contribution is 0.0523. The highest BCUT2D eigenvalue weighted by molar-refractivity contribution is 5.91. The number of benzene rings is 1. The van der Waals surface area contributed by atoms with Crippen molar-refractivity contribution in [3.63, 3.8) is 0 Å². The van der Waals surface area contributed by atoms with Gasteiger partial charge in [0.1, 0.15) is 11.3 Å². The molecule has 0 unspecified atom stereocenters. The summed E-state index contributed by atoms with van der Waals surface area (Å²) in [5.41, 5.74) is 1.93. The van der Waals surface area contributed by atoms with Crippen LogP contribution in [0.2, 0.25) is 0 Å². The first-order valence-corrected chi connectivity index (χ1v) is 7.68. The van der Waals surface area contributed by atoms with Crippen LogP contribution in [0.1, 0.15) is 36.2 Å². The van der Waals surface area contributed by atoms with Crippen LogP contribution in [0.25, 0.3) is 11.3 Å². The van der Waals surface area contributed by atoms with Crippen LogP contribution in [0.3, 0.4) is 0 Å². The molecule has 1 N–H and O–H groups in total. The number of aromatic amines is 1.